The van der Waals surface area contributed by atoms with Crippen molar-refractivity contribution in [3.8, 4) is 11.8 Å². The van der Waals surface area contributed by atoms with Crippen LogP contribution in [0.4, 0.5) is 15.1 Å². The van der Waals surface area contributed by atoms with Gasteiger partial charge in [-0.2, -0.15) is 37.4 Å². The van der Waals surface area contributed by atoms with Gasteiger partial charge in [-0.3, -0.25) is 5.32 Å². The average molecular weight is 411 g/mol. The molecule has 3 aromatic heterocycles. The van der Waals surface area contributed by atoms with Crippen molar-refractivity contribution in [2.75, 3.05) is 19.5 Å². The molecule has 3 aromatic rings. The molecular weight excluding hydrogens is 397 g/mol. The van der Waals surface area contributed by atoms with Gasteiger partial charge in [-0.1, -0.05) is 0 Å². The molecule has 2 N–H and O–H groups in total. The van der Waals surface area contributed by atoms with Crippen molar-refractivity contribution < 1.29 is 27.1 Å². The second-order valence-corrected chi connectivity index (χ2v) is 6.89. The monoisotopic (exact) mass is 411 g/mol. The molecule has 12 nitrogen and oxygen atoms in total. The molecule has 0 bridgehead atoms. The van der Waals surface area contributed by atoms with E-state index in [2.05, 4.69) is 25.4 Å². The predicted molar refractivity (Wildman–Crippen MR) is 92.2 cm³/mol. The van der Waals surface area contributed by atoms with Crippen LogP contribution >= 0.6 is 0 Å². The number of methoxy groups -OCH3 is 2. The van der Waals surface area contributed by atoms with E-state index in [9.17, 15) is 17.6 Å². The third-order valence-corrected chi connectivity index (χ3v) is 4.64. The Morgan fingerprint density at radius 2 is 1.79 bits per heavy atom. The number of aryl methyl sites for hydroxylation is 1. The average Bonchev–Trinajstić information content (AvgIpc) is 2.96. The molecular formula is C14H14FN7O5S. The van der Waals surface area contributed by atoms with Gasteiger partial charge in [0, 0.05) is 0 Å². The number of carbonyl (C=O) groups excluding carboxylic acids is 1. The van der Waals surface area contributed by atoms with Gasteiger partial charge in [-0.25, -0.2) is 9.52 Å². The summed E-state index contributed by atoms with van der Waals surface area (Å²) < 4.78 is 51.4. The van der Waals surface area contributed by atoms with E-state index < -0.39 is 27.0 Å². The number of hydrogen-bond donors (Lipinski definition) is 2. The lowest BCUT2D eigenvalue weighted by Crippen LogP contribution is -2.36. The number of anilines is 1. The van der Waals surface area contributed by atoms with Gasteiger partial charge < -0.3 is 9.47 Å². The molecule has 0 radical (unpaired) electrons. The second-order valence-electron chi connectivity index (χ2n) is 5.29. The first-order valence-corrected chi connectivity index (χ1v) is 9.04. The maximum Gasteiger partial charge on any atom is 0.335 e. The summed E-state index contributed by atoms with van der Waals surface area (Å²) in [4.78, 5) is 23.2. The molecule has 3 rings (SSSR count). The maximum atomic E-state index is 14.1. The van der Waals surface area contributed by atoms with Crippen LogP contribution in [0.25, 0.3) is 5.65 Å². The van der Waals surface area contributed by atoms with E-state index in [1.165, 1.54) is 32.4 Å². The predicted octanol–water partition coefficient (Wildman–Crippen LogP) is 0.494. The summed E-state index contributed by atoms with van der Waals surface area (Å²) in [5.74, 6) is -1.47. The molecule has 3 heterocycles. The smallest absolute Gasteiger partial charge is 0.335 e. The van der Waals surface area contributed by atoms with E-state index >= 15 is 0 Å². The van der Waals surface area contributed by atoms with Crippen molar-refractivity contribution in [1.82, 2.24) is 29.3 Å². The van der Waals surface area contributed by atoms with E-state index in [1.54, 1.807) is 11.6 Å². The lowest BCUT2D eigenvalue weighted by atomic mass is 10.4. The summed E-state index contributed by atoms with van der Waals surface area (Å²) in [7, 11) is -1.99. The fourth-order valence-corrected chi connectivity index (χ4v) is 3.19. The largest absolute Gasteiger partial charge is 0.481 e. The highest BCUT2D eigenvalue weighted by atomic mass is 32.2. The number of amides is 2. The molecule has 0 spiro atoms. The number of hydrogen-bond acceptors (Lipinski definition) is 9. The Morgan fingerprint density at radius 1 is 1.14 bits per heavy atom. The zero-order chi connectivity index (χ0) is 20.5. The second kappa shape index (κ2) is 7.22. The number of fused-ring (bicyclic) bond motifs is 1. The minimum absolute atomic E-state index is 0.0373. The van der Waals surface area contributed by atoms with Gasteiger partial charge in [0.15, 0.2) is 5.65 Å². The molecule has 28 heavy (non-hydrogen) atoms. The van der Waals surface area contributed by atoms with Crippen molar-refractivity contribution in [3.63, 3.8) is 0 Å². The summed E-state index contributed by atoms with van der Waals surface area (Å²) in [5, 5.41) is 5.10. The van der Waals surface area contributed by atoms with Crippen LogP contribution in [-0.4, -0.2) is 53.2 Å². The third kappa shape index (κ3) is 3.75. The standard InChI is InChI=1S/C14H14FN7O5S/c1-7-4-5-8-16-11(15)12(22(8)20-7)28(24,25)21-14(23)19-13-17-9(26-2)6-10(18-13)27-3/h4-6H,1-3H3,(H2,17,18,19,21,23). The number of halogens is 1. The number of ether oxygens (including phenoxy) is 2. The number of carbonyl (C=O) groups is 1. The number of nitrogens with zero attached hydrogens (tertiary/aromatic N) is 5. The minimum atomic E-state index is -4.66. The molecule has 2 amide bonds. The van der Waals surface area contributed by atoms with Crippen LogP contribution in [-0.2, 0) is 10.0 Å². The number of imidazole rings is 1. The normalized spacial score (nSPS) is 11.3. The Bertz CT molecular complexity index is 1140. The van der Waals surface area contributed by atoms with Gasteiger partial charge in [0.1, 0.15) is 0 Å². The zero-order valence-electron chi connectivity index (χ0n) is 14.8. The topological polar surface area (TPSA) is 150 Å². The molecule has 0 saturated heterocycles. The molecule has 0 unspecified atom stereocenters. The lowest BCUT2D eigenvalue weighted by Gasteiger charge is -2.09. The highest BCUT2D eigenvalue weighted by Gasteiger charge is 2.29. The summed E-state index contributed by atoms with van der Waals surface area (Å²) in [6.07, 6.45) is 0. The molecule has 14 heteroatoms. The Morgan fingerprint density at radius 3 is 2.39 bits per heavy atom. The van der Waals surface area contributed by atoms with E-state index in [1.807, 2.05) is 0 Å². The molecule has 0 aliphatic carbocycles. The highest BCUT2D eigenvalue weighted by molar-refractivity contribution is 7.90. The molecule has 0 aromatic carbocycles. The molecule has 0 aliphatic rings. The Labute approximate surface area is 157 Å². The van der Waals surface area contributed by atoms with Gasteiger partial charge in [0.2, 0.25) is 22.7 Å². The number of urea groups is 1. The van der Waals surface area contributed by atoms with Crippen LogP contribution < -0.4 is 19.5 Å². The van der Waals surface area contributed by atoms with E-state index in [-0.39, 0.29) is 23.4 Å². The summed E-state index contributed by atoms with van der Waals surface area (Å²) >= 11 is 0. The Hall–Kier alpha value is -3.55. The van der Waals surface area contributed by atoms with Gasteiger partial charge in [-0.15, -0.1) is 0 Å². The van der Waals surface area contributed by atoms with Crippen molar-refractivity contribution >= 4 is 27.6 Å². The number of rotatable bonds is 5. The first-order valence-electron chi connectivity index (χ1n) is 7.56. The number of sulfonamides is 1. The highest BCUT2D eigenvalue weighted by Crippen LogP contribution is 2.18. The number of aromatic nitrogens is 5. The van der Waals surface area contributed by atoms with Crippen molar-refractivity contribution in [3.05, 3.63) is 29.8 Å². The Balaban J connectivity index is 1.88. The third-order valence-electron chi connectivity index (χ3n) is 3.33. The Kier molecular flexibility index (Phi) is 4.96. The van der Waals surface area contributed by atoms with Crippen LogP contribution in [0.15, 0.2) is 23.2 Å². The SMILES string of the molecule is COc1cc(OC)nc(NC(=O)NS(=O)(=O)c2c(F)nc3ccc(C)nn23)n1. The lowest BCUT2D eigenvalue weighted by molar-refractivity contribution is 0.256. The van der Waals surface area contributed by atoms with Crippen LogP contribution in [0.5, 0.6) is 11.8 Å². The van der Waals surface area contributed by atoms with Gasteiger partial charge in [0.05, 0.1) is 26.0 Å². The molecule has 0 fully saturated rings. The fourth-order valence-electron chi connectivity index (χ4n) is 2.17. The first kappa shape index (κ1) is 19.2. The fraction of sp³-hybridized carbons (Fsp3) is 0.214. The van der Waals surface area contributed by atoms with Crippen molar-refractivity contribution in [2.24, 2.45) is 0 Å². The molecule has 0 aliphatic heterocycles. The van der Waals surface area contributed by atoms with E-state index in [4.69, 9.17) is 9.47 Å². The first-order chi connectivity index (χ1) is 13.2. The van der Waals surface area contributed by atoms with Crippen LogP contribution in [0.1, 0.15) is 5.69 Å². The molecule has 148 valence electrons. The quantitative estimate of drug-likeness (QED) is 0.611. The maximum absolute atomic E-state index is 14.1. The summed E-state index contributed by atoms with van der Waals surface area (Å²) in [6.45, 7) is 1.58. The van der Waals surface area contributed by atoms with Gasteiger partial charge >= 0.3 is 6.03 Å². The van der Waals surface area contributed by atoms with Crippen LogP contribution in [0.2, 0.25) is 0 Å². The van der Waals surface area contributed by atoms with E-state index in [0.29, 0.717) is 5.69 Å². The number of nitrogens with one attached hydrogen (secondary N) is 2. The van der Waals surface area contributed by atoms with Crippen LogP contribution in [0, 0.1) is 12.9 Å². The molecule has 0 atom stereocenters. The molecule has 0 saturated carbocycles. The van der Waals surface area contributed by atoms with Gasteiger partial charge in [0.25, 0.3) is 16.0 Å². The van der Waals surface area contributed by atoms with Crippen molar-refractivity contribution in [2.45, 2.75) is 11.9 Å². The minimum Gasteiger partial charge on any atom is -0.481 e. The summed E-state index contributed by atoms with van der Waals surface area (Å²) in [6, 6.07) is 3.03. The van der Waals surface area contributed by atoms with Gasteiger partial charge in [-0.05, 0) is 19.1 Å². The zero-order valence-corrected chi connectivity index (χ0v) is 15.6. The van der Waals surface area contributed by atoms with E-state index in [0.717, 1.165) is 4.52 Å². The van der Waals surface area contributed by atoms with Crippen molar-refractivity contribution in [1.29, 1.82) is 0 Å². The summed E-state index contributed by atoms with van der Waals surface area (Å²) in [5.41, 5.74) is 0.382. The van der Waals surface area contributed by atoms with Crippen LogP contribution in [0.3, 0.4) is 0 Å².